The summed E-state index contributed by atoms with van der Waals surface area (Å²) in [5.41, 5.74) is 5.99. The number of hydrogen-bond acceptors (Lipinski definition) is 3. The van der Waals surface area contributed by atoms with Gasteiger partial charge in [0.1, 0.15) is 5.82 Å². The molecule has 0 bridgehead atoms. The van der Waals surface area contributed by atoms with Crippen molar-refractivity contribution in [3.8, 4) is 0 Å². The van der Waals surface area contributed by atoms with Gasteiger partial charge in [0.15, 0.2) is 9.84 Å². The lowest BCUT2D eigenvalue weighted by Crippen LogP contribution is -2.07. The van der Waals surface area contributed by atoms with Crippen LogP contribution in [0.25, 0.3) is 0 Å². The zero-order valence-electron chi connectivity index (χ0n) is 9.81. The second-order valence-corrected chi connectivity index (χ2v) is 6.41. The summed E-state index contributed by atoms with van der Waals surface area (Å²) in [6, 6.07) is 9.86. The van der Waals surface area contributed by atoms with Crippen molar-refractivity contribution in [2.45, 2.75) is 10.6 Å². The van der Waals surface area contributed by atoms with E-state index in [4.69, 9.17) is 17.3 Å². The third-order valence-corrected chi connectivity index (χ3v) is 4.74. The molecule has 0 aliphatic heterocycles. The smallest absolute Gasteiger partial charge is 0.184 e. The lowest BCUT2D eigenvalue weighted by molar-refractivity contribution is 0.587. The summed E-state index contributed by atoms with van der Waals surface area (Å²) in [4.78, 5) is -0.0494. The first-order chi connectivity index (χ1) is 8.90. The fourth-order valence-electron chi connectivity index (χ4n) is 1.67. The van der Waals surface area contributed by atoms with Gasteiger partial charge in [-0.1, -0.05) is 29.8 Å². The van der Waals surface area contributed by atoms with Crippen molar-refractivity contribution in [2.24, 2.45) is 0 Å². The summed E-state index contributed by atoms with van der Waals surface area (Å²) in [7, 11) is -3.71. The van der Waals surface area contributed by atoms with Crippen molar-refractivity contribution < 1.29 is 12.8 Å². The summed E-state index contributed by atoms with van der Waals surface area (Å²) < 4.78 is 37.9. The third kappa shape index (κ3) is 3.05. The van der Waals surface area contributed by atoms with E-state index in [9.17, 15) is 12.8 Å². The first-order valence-electron chi connectivity index (χ1n) is 5.41. The standard InChI is InChI=1S/C13H11ClFNO2S/c14-11-7-10(16)5-6-13(11)19(17,18)8-9-3-1-2-4-12(9)15/h1-7H,8,16H2. The molecule has 2 aromatic rings. The monoisotopic (exact) mass is 299 g/mol. The topological polar surface area (TPSA) is 60.2 Å². The van der Waals surface area contributed by atoms with Gasteiger partial charge in [-0.25, -0.2) is 12.8 Å². The Hall–Kier alpha value is -1.59. The van der Waals surface area contributed by atoms with Crippen LogP contribution in [0.4, 0.5) is 10.1 Å². The van der Waals surface area contributed by atoms with E-state index in [-0.39, 0.29) is 15.5 Å². The average molecular weight is 300 g/mol. The molecule has 2 rings (SSSR count). The minimum absolute atomic E-state index is 0.0383. The van der Waals surface area contributed by atoms with E-state index >= 15 is 0 Å². The van der Waals surface area contributed by atoms with Crippen LogP contribution in [0.2, 0.25) is 5.02 Å². The summed E-state index contributed by atoms with van der Waals surface area (Å²) in [6.07, 6.45) is 0. The quantitative estimate of drug-likeness (QED) is 0.886. The second kappa shape index (κ2) is 5.19. The first-order valence-corrected chi connectivity index (χ1v) is 7.44. The number of halogens is 2. The molecule has 0 unspecified atom stereocenters. The Morgan fingerprint density at radius 3 is 2.47 bits per heavy atom. The Labute approximate surface area is 115 Å². The van der Waals surface area contributed by atoms with Crippen molar-refractivity contribution in [2.75, 3.05) is 5.73 Å². The predicted octanol–water partition coefficient (Wildman–Crippen LogP) is 3.04. The molecule has 100 valence electrons. The summed E-state index contributed by atoms with van der Waals surface area (Å²) >= 11 is 5.87. The van der Waals surface area contributed by atoms with Gasteiger partial charge in [0.05, 0.1) is 15.7 Å². The third-order valence-electron chi connectivity index (χ3n) is 2.59. The van der Waals surface area contributed by atoms with Crippen LogP contribution in [-0.2, 0) is 15.6 Å². The fourth-order valence-corrected chi connectivity index (χ4v) is 3.64. The van der Waals surface area contributed by atoms with Crippen LogP contribution in [0.15, 0.2) is 47.4 Å². The van der Waals surface area contributed by atoms with Crippen LogP contribution in [-0.4, -0.2) is 8.42 Å². The van der Waals surface area contributed by atoms with Crippen LogP contribution in [0.5, 0.6) is 0 Å². The van der Waals surface area contributed by atoms with Gasteiger partial charge < -0.3 is 5.73 Å². The fraction of sp³-hybridized carbons (Fsp3) is 0.0769. The number of rotatable bonds is 3. The maximum Gasteiger partial charge on any atom is 0.184 e. The molecule has 0 spiro atoms. The van der Waals surface area contributed by atoms with Crippen LogP contribution >= 0.6 is 11.6 Å². The Kier molecular flexibility index (Phi) is 3.78. The van der Waals surface area contributed by atoms with E-state index in [0.29, 0.717) is 5.69 Å². The van der Waals surface area contributed by atoms with Crippen LogP contribution in [0, 0.1) is 5.82 Å². The van der Waals surface area contributed by atoms with Crippen molar-refractivity contribution >= 4 is 27.1 Å². The largest absolute Gasteiger partial charge is 0.399 e. The van der Waals surface area contributed by atoms with E-state index < -0.39 is 21.4 Å². The molecule has 0 aliphatic carbocycles. The van der Waals surface area contributed by atoms with Gasteiger partial charge in [-0.2, -0.15) is 0 Å². The number of sulfone groups is 1. The van der Waals surface area contributed by atoms with E-state index in [1.807, 2.05) is 0 Å². The average Bonchev–Trinajstić information content (AvgIpc) is 2.31. The van der Waals surface area contributed by atoms with Crippen molar-refractivity contribution in [1.29, 1.82) is 0 Å². The molecule has 0 saturated carbocycles. The molecule has 0 saturated heterocycles. The molecule has 0 aliphatic rings. The Morgan fingerprint density at radius 1 is 1.16 bits per heavy atom. The molecular formula is C13H11ClFNO2S. The summed E-state index contributed by atoms with van der Waals surface area (Å²) in [6.45, 7) is 0. The Bertz CT molecular complexity index is 716. The number of anilines is 1. The highest BCUT2D eigenvalue weighted by Crippen LogP contribution is 2.27. The van der Waals surface area contributed by atoms with Crippen LogP contribution in [0.3, 0.4) is 0 Å². The van der Waals surface area contributed by atoms with E-state index in [1.54, 1.807) is 6.07 Å². The lowest BCUT2D eigenvalue weighted by Gasteiger charge is -2.08. The highest BCUT2D eigenvalue weighted by molar-refractivity contribution is 7.90. The molecule has 0 atom stereocenters. The minimum atomic E-state index is -3.71. The number of benzene rings is 2. The SMILES string of the molecule is Nc1ccc(S(=O)(=O)Cc2ccccc2F)c(Cl)c1. The second-order valence-electron chi connectivity index (χ2n) is 4.04. The maximum absolute atomic E-state index is 13.5. The first kappa shape index (κ1) is 13.8. The van der Waals surface area contributed by atoms with Gasteiger partial charge in [0.25, 0.3) is 0 Å². The maximum atomic E-state index is 13.5. The molecule has 3 nitrogen and oxygen atoms in total. The summed E-state index contributed by atoms with van der Waals surface area (Å²) in [5, 5.41) is 0.0383. The van der Waals surface area contributed by atoms with E-state index in [2.05, 4.69) is 0 Å². The molecule has 2 N–H and O–H groups in total. The Morgan fingerprint density at radius 2 is 1.84 bits per heavy atom. The van der Waals surface area contributed by atoms with Gasteiger partial charge >= 0.3 is 0 Å². The molecule has 2 aromatic carbocycles. The predicted molar refractivity (Wildman–Crippen MR) is 73.2 cm³/mol. The minimum Gasteiger partial charge on any atom is -0.399 e. The van der Waals surface area contributed by atoms with E-state index in [0.717, 1.165) is 0 Å². The van der Waals surface area contributed by atoms with Gasteiger partial charge in [0.2, 0.25) is 0 Å². The Balaban J connectivity index is 2.41. The van der Waals surface area contributed by atoms with Crippen LogP contribution < -0.4 is 5.73 Å². The molecule has 19 heavy (non-hydrogen) atoms. The van der Waals surface area contributed by atoms with Gasteiger partial charge in [0, 0.05) is 11.3 Å². The summed E-state index contributed by atoms with van der Waals surface area (Å²) in [5.74, 6) is -0.999. The normalized spacial score (nSPS) is 11.5. The molecular weight excluding hydrogens is 289 g/mol. The molecule has 0 aromatic heterocycles. The molecule has 0 heterocycles. The highest BCUT2D eigenvalue weighted by atomic mass is 35.5. The van der Waals surface area contributed by atoms with E-state index in [1.165, 1.54) is 36.4 Å². The lowest BCUT2D eigenvalue weighted by atomic mass is 10.2. The zero-order chi connectivity index (χ0) is 14.0. The molecule has 0 radical (unpaired) electrons. The number of hydrogen-bond donors (Lipinski definition) is 1. The molecule has 6 heteroatoms. The van der Waals surface area contributed by atoms with Crippen molar-refractivity contribution in [3.63, 3.8) is 0 Å². The number of nitrogen functional groups attached to an aromatic ring is 1. The van der Waals surface area contributed by atoms with Gasteiger partial charge in [-0.05, 0) is 24.3 Å². The van der Waals surface area contributed by atoms with Gasteiger partial charge in [-0.15, -0.1) is 0 Å². The van der Waals surface area contributed by atoms with Gasteiger partial charge in [-0.3, -0.25) is 0 Å². The van der Waals surface area contributed by atoms with Crippen molar-refractivity contribution in [3.05, 3.63) is 58.9 Å². The molecule has 0 amide bonds. The van der Waals surface area contributed by atoms with Crippen molar-refractivity contribution in [1.82, 2.24) is 0 Å². The molecule has 0 fully saturated rings. The zero-order valence-corrected chi connectivity index (χ0v) is 11.4. The highest BCUT2D eigenvalue weighted by Gasteiger charge is 2.20. The number of nitrogens with two attached hydrogens (primary N) is 1. The van der Waals surface area contributed by atoms with Crippen LogP contribution in [0.1, 0.15) is 5.56 Å².